The third kappa shape index (κ3) is 3.54. The fourth-order valence-corrected chi connectivity index (χ4v) is 4.99. The molecule has 4 rings (SSSR count). The largest absolute Gasteiger partial charge is 0.291 e. The van der Waals surface area contributed by atoms with Crippen LogP contribution in [0.25, 0.3) is 0 Å². The number of rotatable bonds is 4. The molecule has 0 aliphatic heterocycles. The molecule has 2 aliphatic rings. The number of aromatic amines is 1. The first-order valence-corrected chi connectivity index (χ1v) is 10.9. The van der Waals surface area contributed by atoms with E-state index in [0.717, 1.165) is 18.4 Å². The van der Waals surface area contributed by atoms with Crippen molar-refractivity contribution in [3.05, 3.63) is 71.3 Å². The summed E-state index contributed by atoms with van der Waals surface area (Å²) >= 11 is 0. The summed E-state index contributed by atoms with van der Waals surface area (Å²) in [5.74, 6) is -0.136. The number of H-pyrrole nitrogens is 1. The topological polar surface area (TPSA) is 83.6 Å². The van der Waals surface area contributed by atoms with Crippen molar-refractivity contribution in [1.29, 1.82) is 0 Å². The number of hydrogen-bond acceptors (Lipinski definition) is 4. The molecule has 2 atom stereocenters. The maximum atomic E-state index is 13.8. The van der Waals surface area contributed by atoms with E-state index in [0.29, 0.717) is 0 Å². The highest BCUT2D eigenvalue weighted by Crippen LogP contribution is 2.48. The average Bonchev–Trinajstić information content (AvgIpc) is 3.25. The van der Waals surface area contributed by atoms with Crippen LogP contribution >= 0.6 is 0 Å². The van der Waals surface area contributed by atoms with Gasteiger partial charge >= 0.3 is 0 Å². The molecule has 31 heavy (non-hydrogen) atoms. The number of carbonyl (C=O) groups is 1. The summed E-state index contributed by atoms with van der Waals surface area (Å²) < 4.78 is 0. The number of amides is 1. The van der Waals surface area contributed by atoms with Gasteiger partial charge < -0.3 is 0 Å². The van der Waals surface area contributed by atoms with Crippen molar-refractivity contribution in [3.8, 4) is 0 Å². The van der Waals surface area contributed by atoms with Gasteiger partial charge in [0, 0.05) is 5.92 Å². The zero-order valence-electron chi connectivity index (χ0n) is 18.9. The summed E-state index contributed by atoms with van der Waals surface area (Å²) in [5.41, 5.74) is 2.94. The second kappa shape index (κ2) is 7.59. The fourth-order valence-electron chi connectivity index (χ4n) is 4.99. The van der Waals surface area contributed by atoms with Crippen LogP contribution in [0.4, 0.5) is 5.95 Å². The van der Waals surface area contributed by atoms with Gasteiger partial charge in [-0.3, -0.25) is 10.1 Å². The smallest absolute Gasteiger partial charge is 0.269 e. The van der Waals surface area contributed by atoms with Crippen LogP contribution in [0, 0.1) is 5.92 Å². The maximum absolute atomic E-state index is 13.8. The Balaban J connectivity index is 1.90. The third-order valence-electron chi connectivity index (χ3n) is 6.99. The molecule has 2 unspecified atom stereocenters. The van der Waals surface area contributed by atoms with E-state index in [1.54, 1.807) is 0 Å². The standard InChI is InChI=1S/C25H31N5O/c1-6-9-17-10-7-8-13-25(17,21(31)26-22-27-29-30-28-22)18-11-12-19-20(16-18)24(4,5)15-14-23(19,2)3/h6-13,16-17H,14-15H2,1-5H3,(H2,26,27,28,29,30,31). The number of anilines is 1. The second-order valence-electron chi connectivity index (χ2n) is 9.88. The summed E-state index contributed by atoms with van der Waals surface area (Å²) in [6, 6.07) is 6.61. The maximum Gasteiger partial charge on any atom is 0.269 e. The molecule has 0 fully saturated rings. The van der Waals surface area contributed by atoms with E-state index in [4.69, 9.17) is 0 Å². The van der Waals surface area contributed by atoms with E-state index in [1.807, 2.05) is 31.2 Å². The van der Waals surface area contributed by atoms with E-state index in [-0.39, 0.29) is 28.6 Å². The van der Waals surface area contributed by atoms with Gasteiger partial charge in [-0.25, -0.2) is 0 Å². The SMILES string of the molecule is CC=CC1C=CC=CC1(C(=O)Nc1nn[nH]n1)c1ccc2c(c1)C(C)(C)CCC2(C)C. The number of nitrogens with one attached hydrogen (secondary N) is 2. The van der Waals surface area contributed by atoms with Gasteiger partial charge in [-0.2, -0.15) is 5.21 Å². The molecule has 0 saturated heterocycles. The van der Waals surface area contributed by atoms with Gasteiger partial charge in [0.15, 0.2) is 0 Å². The number of benzene rings is 1. The van der Waals surface area contributed by atoms with E-state index in [1.165, 1.54) is 11.1 Å². The van der Waals surface area contributed by atoms with Crippen LogP contribution in [0.5, 0.6) is 0 Å². The lowest BCUT2D eigenvalue weighted by Crippen LogP contribution is -2.45. The number of nitrogens with zero attached hydrogens (tertiary/aromatic N) is 3. The highest BCUT2D eigenvalue weighted by molar-refractivity contribution is 6.01. The zero-order chi connectivity index (χ0) is 22.3. The molecule has 162 valence electrons. The normalized spacial score (nSPS) is 26.0. The number of allylic oxidation sites excluding steroid dienone is 5. The lowest BCUT2D eigenvalue weighted by molar-refractivity contribution is -0.120. The number of aromatic nitrogens is 4. The first-order chi connectivity index (χ1) is 14.7. The highest BCUT2D eigenvalue weighted by Gasteiger charge is 2.46. The lowest BCUT2D eigenvalue weighted by Gasteiger charge is -2.43. The molecule has 0 radical (unpaired) electrons. The van der Waals surface area contributed by atoms with Gasteiger partial charge in [0.1, 0.15) is 5.41 Å². The van der Waals surface area contributed by atoms with Crippen molar-refractivity contribution in [3.63, 3.8) is 0 Å². The van der Waals surface area contributed by atoms with Gasteiger partial charge in [-0.15, -0.1) is 5.10 Å². The van der Waals surface area contributed by atoms with Crippen LogP contribution in [0.2, 0.25) is 0 Å². The molecule has 2 N–H and O–H groups in total. The molecule has 0 spiro atoms. The predicted molar refractivity (Wildman–Crippen MR) is 123 cm³/mol. The molecule has 1 amide bonds. The molecule has 1 heterocycles. The minimum Gasteiger partial charge on any atom is -0.291 e. The monoisotopic (exact) mass is 417 g/mol. The Kier molecular flexibility index (Phi) is 5.20. The summed E-state index contributed by atoms with van der Waals surface area (Å²) in [7, 11) is 0. The van der Waals surface area contributed by atoms with E-state index < -0.39 is 5.41 Å². The first-order valence-electron chi connectivity index (χ1n) is 10.9. The molecule has 6 nitrogen and oxygen atoms in total. The molecule has 6 heteroatoms. The van der Waals surface area contributed by atoms with E-state index >= 15 is 0 Å². The van der Waals surface area contributed by atoms with Crippen LogP contribution < -0.4 is 5.32 Å². The van der Waals surface area contributed by atoms with Crippen LogP contribution in [-0.4, -0.2) is 26.5 Å². The third-order valence-corrected chi connectivity index (χ3v) is 6.99. The molecular weight excluding hydrogens is 386 g/mol. The summed E-state index contributed by atoms with van der Waals surface area (Å²) in [5, 5.41) is 16.7. The Morgan fingerprint density at radius 1 is 1.13 bits per heavy atom. The molecule has 0 bridgehead atoms. The van der Waals surface area contributed by atoms with Gasteiger partial charge in [0.25, 0.3) is 5.95 Å². The Bertz CT molecular complexity index is 1060. The minimum atomic E-state index is -0.908. The highest BCUT2D eigenvalue weighted by atomic mass is 16.2. The zero-order valence-corrected chi connectivity index (χ0v) is 18.9. The quantitative estimate of drug-likeness (QED) is 0.704. The minimum absolute atomic E-state index is 0.0521. The van der Waals surface area contributed by atoms with Crippen LogP contribution in [0.1, 0.15) is 64.2 Å². The van der Waals surface area contributed by atoms with Gasteiger partial charge in [0.2, 0.25) is 5.91 Å². The van der Waals surface area contributed by atoms with Crippen molar-refractivity contribution in [2.45, 2.75) is 63.7 Å². The lowest BCUT2D eigenvalue weighted by atomic mass is 9.60. The van der Waals surface area contributed by atoms with Crippen molar-refractivity contribution in [1.82, 2.24) is 20.6 Å². The molecular formula is C25H31N5O. The van der Waals surface area contributed by atoms with E-state index in [2.05, 4.69) is 84.0 Å². The summed E-state index contributed by atoms with van der Waals surface area (Å²) in [4.78, 5) is 13.8. The van der Waals surface area contributed by atoms with Crippen LogP contribution in [0.3, 0.4) is 0 Å². The van der Waals surface area contributed by atoms with Gasteiger partial charge in [0.05, 0.1) is 0 Å². The molecule has 1 aromatic carbocycles. The Morgan fingerprint density at radius 2 is 1.87 bits per heavy atom. The van der Waals surface area contributed by atoms with Crippen molar-refractivity contribution < 1.29 is 4.79 Å². The van der Waals surface area contributed by atoms with E-state index in [9.17, 15) is 4.79 Å². The van der Waals surface area contributed by atoms with Crippen molar-refractivity contribution in [2.24, 2.45) is 5.92 Å². The molecule has 1 aromatic heterocycles. The van der Waals surface area contributed by atoms with Gasteiger partial charge in [-0.05, 0) is 52.5 Å². The summed E-state index contributed by atoms with van der Waals surface area (Å²) in [6.07, 6.45) is 14.4. The Morgan fingerprint density at radius 3 is 2.55 bits per heavy atom. The Labute approximate surface area is 183 Å². The number of carbonyl (C=O) groups excluding carboxylic acids is 1. The van der Waals surface area contributed by atoms with Crippen molar-refractivity contribution in [2.75, 3.05) is 5.32 Å². The predicted octanol–water partition coefficient (Wildman–Crippen LogP) is 4.74. The first kappa shape index (κ1) is 21.2. The number of tetrazole rings is 1. The van der Waals surface area contributed by atoms with Crippen molar-refractivity contribution >= 4 is 11.9 Å². The fraction of sp³-hybridized carbons (Fsp3) is 0.440. The average molecular weight is 418 g/mol. The second-order valence-corrected chi connectivity index (χ2v) is 9.88. The molecule has 0 saturated carbocycles. The van der Waals surface area contributed by atoms with Gasteiger partial charge in [-0.1, -0.05) is 87.4 Å². The number of fused-ring (bicyclic) bond motifs is 1. The molecule has 2 aromatic rings. The molecule has 2 aliphatic carbocycles. The van der Waals surface area contributed by atoms with Crippen LogP contribution in [-0.2, 0) is 21.0 Å². The Hall–Kier alpha value is -3.02. The summed E-state index contributed by atoms with van der Waals surface area (Å²) in [6.45, 7) is 11.2. The number of hydrogen-bond donors (Lipinski definition) is 2. The van der Waals surface area contributed by atoms with Crippen LogP contribution in [0.15, 0.2) is 54.7 Å².